The summed E-state index contributed by atoms with van der Waals surface area (Å²) >= 11 is 0. The van der Waals surface area contributed by atoms with E-state index in [1.54, 1.807) is 0 Å². The fourth-order valence-corrected chi connectivity index (χ4v) is 3.66. The highest BCUT2D eigenvalue weighted by Crippen LogP contribution is 2.49. The van der Waals surface area contributed by atoms with Crippen LogP contribution >= 0.6 is 0 Å². The lowest BCUT2D eigenvalue weighted by Gasteiger charge is -2.20. The maximum Gasteiger partial charge on any atom is 0.224 e. The smallest absolute Gasteiger partial charge is 0.224 e. The molecule has 3 atom stereocenters. The minimum Gasteiger partial charge on any atom is -0.324 e. The molecule has 2 aliphatic rings. The van der Waals surface area contributed by atoms with E-state index in [0.717, 1.165) is 24.5 Å². The average molecular weight is 265 g/mol. The second kappa shape index (κ2) is 4.91. The number of carbonyl (C=O) groups is 1. The third-order valence-electron chi connectivity index (χ3n) is 4.54. The minimum absolute atomic E-state index is 0.0644. The van der Waals surface area contributed by atoms with Crippen LogP contribution in [-0.4, -0.2) is 5.91 Å². The number of benzene rings is 1. The lowest BCUT2D eigenvalue weighted by atomic mass is 9.86. The van der Waals surface area contributed by atoms with Gasteiger partial charge in [-0.15, -0.1) is 0 Å². The number of hydrogen-bond donors (Lipinski definition) is 1. The minimum atomic E-state index is -0.721. The fraction of sp³-hybridized carbons (Fsp3) is 0.533. The quantitative estimate of drug-likeness (QED) is 0.886. The zero-order valence-electron chi connectivity index (χ0n) is 10.7. The van der Waals surface area contributed by atoms with Crippen molar-refractivity contribution in [2.24, 2.45) is 17.8 Å². The van der Waals surface area contributed by atoms with E-state index in [1.165, 1.54) is 25.3 Å². The first kappa shape index (κ1) is 12.6. The molecule has 2 fully saturated rings. The van der Waals surface area contributed by atoms with Crippen molar-refractivity contribution < 1.29 is 13.6 Å². The second-order valence-electron chi connectivity index (χ2n) is 5.81. The van der Waals surface area contributed by atoms with Crippen molar-refractivity contribution in [2.75, 3.05) is 5.32 Å². The van der Waals surface area contributed by atoms with E-state index >= 15 is 0 Å². The number of fused-ring (bicyclic) bond motifs is 2. The van der Waals surface area contributed by atoms with Crippen LogP contribution in [0.4, 0.5) is 14.5 Å². The molecule has 4 heteroatoms. The molecular weight excluding hydrogens is 248 g/mol. The molecule has 3 rings (SSSR count). The fourth-order valence-electron chi connectivity index (χ4n) is 3.66. The lowest BCUT2D eigenvalue weighted by molar-refractivity contribution is -0.117. The highest BCUT2D eigenvalue weighted by atomic mass is 19.1. The van der Waals surface area contributed by atoms with Gasteiger partial charge in [0.1, 0.15) is 11.6 Å². The van der Waals surface area contributed by atoms with Gasteiger partial charge < -0.3 is 5.32 Å². The van der Waals surface area contributed by atoms with Gasteiger partial charge in [-0.3, -0.25) is 4.79 Å². The van der Waals surface area contributed by atoms with Crippen molar-refractivity contribution >= 4 is 11.6 Å². The number of halogens is 2. The summed E-state index contributed by atoms with van der Waals surface area (Å²) in [5, 5.41) is 2.54. The van der Waals surface area contributed by atoms with Gasteiger partial charge in [0.25, 0.3) is 0 Å². The number of rotatable bonds is 3. The van der Waals surface area contributed by atoms with E-state index in [0.29, 0.717) is 18.3 Å². The summed E-state index contributed by atoms with van der Waals surface area (Å²) in [6, 6.07) is 3.20. The third-order valence-corrected chi connectivity index (χ3v) is 4.54. The van der Waals surface area contributed by atoms with Gasteiger partial charge in [0.2, 0.25) is 5.91 Å². The maximum atomic E-state index is 13.4. The molecule has 1 amide bonds. The van der Waals surface area contributed by atoms with Gasteiger partial charge in [-0.25, -0.2) is 8.78 Å². The largest absolute Gasteiger partial charge is 0.324 e. The Morgan fingerprint density at radius 2 is 2.11 bits per heavy atom. The predicted octanol–water partition coefficient (Wildman–Crippen LogP) is 3.73. The first-order valence-electron chi connectivity index (χ1n) is 6.86. The molecule has 0 heterocycles. The number of nitrogens with one attached hydrogen (secondary N) is 1. The van der Waals surface area contributed by atoms with Crippen LogP contribution in [0.1, 0.15) is 32.1 Å². The van der Waals surface area contributed by atoms with Gasteiger partial charge in [-0.1, -0.05) is 6.42 Å². The van der Waals surface area contributed by atoms with Gasteiger partial charge in [0.05, 0.1) is 5.69 Å². The highest BCUT2D eigenvalue weighted by Gasteiger charge is 2.40. The Bertz CT molecular complexity index is 503. The van der Waals surface area contributed by atoms with E-state index in [4.69, 9.17) is 0 Å². The number of amides is 1. The Hall–Kier alpha value is -1.45. The van der Waals surface area contributed by atoms with Crippen molar-refractivity contribution in [1.82, 2.24) is 0 Å². The SMILES string of the molecule is O=C(CC1CC2CCC1C2)Nc1ccc(F)cc1F. The monoisotopic (exact) mass is 265 g/mol. The van der Waals surface area contributed by atoms with Crippen LogP contribution in [0.15, 0.2) is 18.2 Å². The van der Waals surface area contributed by atoms with Crippen LogP contribution in [0.5, 0.6) is 0 Å². The van der Waals surface area contributed by atoms with Gasteiger partial charge in [0.15, 0.2) is 0 Å². The molecule has 2 bridgehead atoms. The van der Waals surface area contributed by atoms with Crippen LogP contribution in [0.3, 0.4) is 0 Å². The molecule has 2 saturated carbocycles. The van der Waals surface area contributed by atoms with Crippen LogP contribution in [0, 0.1) is 29.4 Å². The molecule has 1 aromatic carbocycles. The van der Waals surface area contributed by atoms with Crippen molar-refractivity contribution in [3.63, 3.8) is 0 Å². The number of anilines is 1. The lowest BCUT2D eigenvalue weighted by Crippen LogP contribution is -2.20. The Balaban J connectivity index is 1.59. The summed E-state index contributed by atoms with van der Waals surface area (Å²) in [4.78, 5) is 11.9. The predicted molar refractivity (Wildman–Crippen MR) is 68.5 cm³/mol. The number of carbonyl (C=O) groups excluding carboxylic acids is 1. The molecule has 19 heavy (non-hydrogen) atoms. The Morgan fingerprint density at radius 3 is 2.74 bits per heavy atom. The van der Waals surface area contributed by atoms with Crippen LogP contribution < -0.4 is 5.32 Å². The van der Waals surface area contributed by atoms with E-state index in [2.05, 4.69) is 5.32 Å². The first-order valence-corrected chi connectivity index (χ1v) is 6.86. The molecule has 0 radical (unpaired) electrons. The molecular formula is C15H17F2NO. The van der Waals surface area contributed by atoms with Gasteiger partial charge in [-0.2, -0.15) is 0 Å². The number of hydrogen-bond acceptors (Lipinski definition) is 1. The zero-order chi connectivity index (χ0) is 13.4. The first-order chi connectivity index (χ1) is 9.11. The summed E-state index contributed by atoms with van der Waals surface area (Å²) in [5.74, 6) is 0.398. The van der Waals surface area contributed by atoms with Crippen LogP contribution in [0.2, 0.25) is 0 Å². The average Bonchev–Trinajstić information content (AvgIpc) is 2.95. The third kappa shape index (κ3) is 2.62. The molecule has 0 aromatic heterocycles. The maximum absolute atomic E-state index is 13.4. The molecule has 0 saturated heterocycles. The summed E-state index contributed by atoms with van der Waals surface area (Å²) in [5.41, 5.74) is 0.0644. The van der Waals surface area contributed by atoms with Crippen LogP contribution in [0.25, 0.3) is 0 Å². The van der Waals surface area contributed by atoms with Crippen molar-refractivity contribution in [1.29, 1.82) is 0 Å². The van der Waals surface area contributed by atoms with Gasteiger partial charge >= 0.3 is 0 Å². The van der Waals surface area contributed by atoms with Gasteiger partial charge in [0, 0.05) is 12.5 Å². The molecule has 2 aliphatic carbocycles. The standard InChI is InChI=1S/C15H17F2NO/c16-12-3-4-14(13(17)8-12)18-15(19)7-11-6-9-1-2-10(11)5-9/h3-4,8-11H,1-2,5-7H2,(H,18,19). The van der Waals surface area contributed by atoms with E-state index in [-0.39, 0.29) is 11.6 Å². The van der Waals surface area contributed by atoms with E-state index in [9.17, 15) is 13.6 Å². The zero-order valence-corrected chi connectivity index (χ0v) is 10.7. The molecule has 0 aliphatic heterocycles. The summed E-state index contributed by atoms with van der Waals surface area (Å²) in [7, 11) is 0. The molecule has 1 aromatic rings. The molecule has 102 valence electrons. The molecule has 1 N–H and O–H groups in total. The summed E-state index contributed by atoms with van der Waals surface area (Å²) in [6.45, 7) is 0. The normalized spacial score (nSPS) is 28.6. The van der Waals surface area contributed by atoms with E-state index < -0.39 is 11.6 Å². The second-order valence-corrected chi connectivity index (χ2v) is 5.81. The van der Waals surface area contributed by atoms with E-state index in [1.807, 2.05) is 0 Å². The summed E-state index contributed by atoms with van der Waals surface area (Å²) < 4.78 is 26.2. The Kier molecular flexibility index (Phi) is 3.25. The molecule has 3 unspecified atom stereocenters. The Labute approximate surface area is 111 Å². The van der Waals surface area contributed by atoms with Gasteiger partial charge in [-0.05, 0) is 49.1 Å². The highest BCUT2D eigenvalue weighted by molar-refractivity contribution is 5.91. The summed E-state index contributed by atoms with van der Waals surface area (Å²) in [6.07, 6.45) is 5.37. The Morgan fingerprint density at radius 1 is 1.26 bits per heavy atom. The van der Waals surface area contributed by atoms with Crippen molar-refractivity contribution in [3.05, 3.63) is 29.8 Å². The van der Waals surface area contributed by atoms with Crippen molar-refractivity contribution in [2.45, 2.75) is 32.1 Å². The van der Waals surface area contributed by atoms with Crippen LogP contribution in [-0.2, 0) is 4.79 Å². The van der Waals surface area contributed by atoms with Crippen molar-refractivity contribution in [3.8, 4) is 0 Å². The topological polar surface area (TPSA) is 29.1 Å². The molecule has 2 nitrogen and oxygen atoms in total. The molecule has 0 spiro atoms.